The SMILES string of the molecule is O=C(CCN1CCOCC1)c1cccc(OC(F)(F)F)c1. The van der Waals surface area contributed by atoms with E-state index >= 15 is 0 Å². The van der Waals surface area contributed by atoms with Crippen LogP contribution in [0.15, 0.2) is 24.3 Å². The number of alkyl halides is 3. The van der Waals surface area contributed by atoms with Gasteiger partial charge in [-0.1, -0.05) is 12.1 Å². The van der Waals surface area contributed by atoms with Crippen molar-refractivity contribution in [3.8, 4) is 5.75 Å². The first-order valence-electron chi connectivity index (χ1n) is 6.63. The van der Waals surface area contributed by atoms with E-state index in [2.05, 4.69) is 9.64 Å². The first-order valence-corrected chi connectivity index (χ1v) is 6.63. The van der Waals surface area contributed by atoms with Gasteiger partial charge in [-0.3, -0.25) is 9.69 Å². The number of morpholine rings is 1. The Kier molecular flexibility index (Phi) is 5.19. The molecule has 0 spiro atoms. The topological polar surface area (TPSA) is 38.8 Å². The molecular weight excluding hydrogens is 287 g/mol. The van der Waals surface area contributed by atoms with Crippen LogP contribution >= 0.6 is 0 Å². The van der Waals surface area contributed by atoms with E-state index in [4.69, 9.17) is 4.74 Å². The third kappa shape index (κ3) is 5.35. The predicted octanol–water partition coefficient (Wildman–Crippen LogP) is 2.49. The average Bonchev–Trinajstić information content (AvgIpc) is 2.44. The minimum Gasteiger partial charge on any atom is -0.406 e. The van der Waals surface area contributed by atoms with E-state index in [1.54, 1.807) is 0 Å². The molecule has 0 N–H and O–H groups in total. The lowest BCUT2D eigenvalue weighted by Crippen LogP contribution is -2.37. The second kappa shape index (κ2) is 6.91. The summed E-state index contributed by atoms with van der Waals surface area (Å²) in [4.78, 5) is 14.1. The third-order valence-corrected chi connectivity index (χ3v) is 3.15. The van der Waals surface area contributed by atoms with Crippen molar-refractivity contribution in [2.75, 3.05) is 32.8 Å². The molecule has 2 rings (SSSR count). The van der Waals surface area contributed by atoms with Crippen molar-refractivity contribution >= 4 is 5.78 Å². The Morgan fingerprint density at radius 1 is 1.29 bits per heavy atom. The molecule has 1 fully saturated rings. The Bertz CT molecular complexity index is 485. The Morgan fingerprint density at radius 3 is 2.67 bits per heavy atom. The van der Waals surface area contributed by atoms with E-state index in [0.717, 1.165) is 19.2 Å². The van der Waals surface area contributed by atoms with Crippen LogP contribution in [-0.4, -0.2) is 49.9 Å². The van der Waals surface area contributed by atoms with Gasteiger partial charge in [-0.2, -0.15) is 0 Å². The lowest BCUT2D eigenvalue weighted by molar-refractivity contribution is -0.274. The second-order valence-corrected chi connectivity index (χ2v) is 4.70. The number of ketones is 1. The monoisotopic (exact) mass is 303 g/mol. The van der Waals surface area contributed by atoms with Gasteiger partial charge in [0.2, 0.25) is 0 Å². The van der Waals surface area contributed by atoms with Gasteiger partial charge in [0.15, 0.2) is 5.78 Å². The van der Waals surface area contributed by atoms with Crippen LogP contribution in [0.5, 0.6) is 5.75 Å². The molecule has 0 aromatic heterocycles. The number of ether oxygens (including phenoxy) is 2. The number of hydrogen-bond acceptors (Lipinski definition) is 4. The van der Waals surface area contributed by atoms with E-state index in [1.165, 1.54) is 18.2 Å². The highest BCUT2D eigenvalue weighted by molar-refractivity contribution is 5.96. The van der Waals surface area contributed by atoms with Gasteiger partial charge in [0.05, 0.1) is 13.2 Å². The van der Waals surface area contributed by atoms with Gasteiger partial charge in [-0.05, 0) is 12.1 Å². The van der Waals surface area contributed by atoms with Gasteiger partial charge in [-0.25, -0.2) is 0 Å². The van der Waals surface area contributed by atoms with Crippen LogP contribution in [0.2, 0.25) is 0 Å². The summed E-state index contributed by atoms with van der Waals surface area (Å²) in [5.74, 6) is -0.575. The molecule has 0 saturated carbocycles. The molecule has 0 radical (unpaired) electrons. The number of Topliss-reactive ketones (excluding diaryl/α,β-unsaturated/α-hetero) is 1. The van der Waals surface area contributed by atoms with Crippen LogP contribution in [0.25, 0.3) is 0 Å². The molecule has 7 heteroatoms. The molecule has 1 saturated heterocycles. The lowest BCUT2D eigenvalue weighted by atomic mass is 10.1. The highest BCUT2D eigenvalue weighted by Gasteiger charge is 2.31. The smallest absolute Gasteiger partial charge is 0.406 e. The highest BCUT2D eigenvalue weighted by atomic mass is 19.4. The normalized spacial score (nSPS) is 16.7. The van der Waals surface area contributed by atoms with Gasteiger partial charge in [0.1, 0.15) is 5.75 Å². The molecule has 116 valence electrons. The number of rotatable bonds is 5. The van der Waals surface area contributed by atoms with Crippen molar-refractivity contribution in [1.82, 2.24) is 4.90 Å². The van der Waals surface area contributed by atoms with Crippen molar-refractivity contribution in [3.05, 3.63) is 29.8 Å². The summed E-state index contributed by atoms with van der Waals surface area (Å²) in [6.45, 7) is 3.40. The Hall–Kier alpha value is -1.60. The average molecular weight is 303 g/mol. The van der Waals surface area contributed by atoms with E-state index in [9.17, 15) is 18.0 Å². The lowest BCUT2D eigenvalue weighted by Gasteiger charge is -2.26. The maximum atomic E-state index is 12.1. The number of carbonyl (C=O) groups excluding carboxylic acids is 1. The molecule has 0 bridgehead atoms. The molecule has 0 amide bonds. The summed E-state index contributed by atoms with van der Waals surface area (Å²) < 4.78 is 45.4. The van der Waals surface area contributed by atoms with E-state index in [0.29, 0.717) is 19.8 Å². The molecule has 1 aromatic rings. The van der Waals surface area contributed by atoms with Crippen LogP contribution in [0.4, 0.5) is 13.2 Å². The van der Waals surface area contributed by atoms with Gasteiger partial charge < -0.3 is 9.47 Å². The maximum Gasteiger partial charge on any atom is 0.573 e. The molecular formula is C14H16F3NO3. The molecule has 1 aromatic carbocycles. The number of carbonyl (C=O) groups is 1. The number of nitrogens with zero attached hydrogens (tertiary/aromatic N) is 1. The van der Waals surface area contributed by atoms with Crippen LogP contribution < -0.4 is 4.74 Å². The fourth-order valence-electron chi connectivity index (χ4n) is 2.10. The van der Waals surface area contributed by atoms with E-state index in [-0.39, 0.29) is 23.5 Å². The number of hydrogen-bond donors (Lipinski definition) is 0. The quantitative estimate of drug-likeness (QED) is 0.783. The van der Waals surface area contributed by atoms with E-state index in [1.807, 2.05) is 0 Å². The molecule has 4 nitrogen and oxygen atoms in total. The summed E-state index contributed by atoms with van der Waals surface area (Å²) in [5.41, 5.74) is 0.227. The fraction of sp³-hybridized carbons (Fsp3) is 0.500. The molecule has 0 atom stereocenters. The molecule has 0 unspecified atom stereocenters. The Labute approximate surface area is 120 Å². The standard InChI is InChI=1S/C14H16F3NO3/c15-14(16,17)21-12-3-1-2-11(10-12)13(19)4-5-18-6-8-20-9-7-18/h1-3,10H,4-9H2. The Morgan fingerprint density at radius 2 is 2.00 bits per heavy atom. The summed E-state index contributed by atoms with van der Waals surface area (Å²) in [7, 11) is 0. The summed E-state index contributed by atoms with van der Waals surface area (Å²) in [5, 5.41) is 0. The maximum absolute atomic E-state index is 12.1. The van der Waals surface area contributed by atoms with Crippen molar-refractivity contribution in [3.63, 3.8) is 0 Å². The first kappa shape index (κ1) is 15.8. The molecule has 1 aliphatic heterocycles. The van der Waals surface area contributed by atoms with Crippen LogP contribution in [0, 0.1) is 0 Å². The number of benzene rings is 1. The molecule has 21 heavy (non-hydrogen) atoms. The van der Waals surface area contributed by atoms with Crippen LogP contribution in [0.1, 0.15) is 16.8 Å². The van der Waals surface area contributed by atoms with Crippen LogP contribution in [-0.2, 0) is 4.74 Å². The van der Waals surface area contributed by atoms with Crippen molar-refractivity contribution < 1.29 is 27.4 Å². The Balaban J connectivity index is 1.91. The minimum absolute atomic E-state index is 0.200. The van der Waals surface area contributed by atoms with Gasteiger partial charge in [0.25, 0.3) is 0 Å². The zero-order valence-corrected chi connectivity index (χ0v) is 11.4. The second-order valence-electron chi connectivity index (χ2n) is 4.70. The van der Waals surface area contributed by atoms with Crippen molar-refractivity contribution in [2.45, 2.75) is 12.8 Å². The molecule has 0 aliphatic carbocycles. The zero-order chi connectivity index (χ0) is 15.3. The highest BCUT2D eigenvalue weighted by Crippen LogP contribution is 2.23. The summed E-state index contributed by atoms with van der Waals surface area (Å²) in [6, 6.07) is 5.16. The van der Waals surface area contributed by atoms with Gasteiger partial charge in [-0.15, -0.1) is 13.2 Å². The predicted molar refractivity (Wildman–Crippen MR) is 69.3 cm³/mol. The van der Waals surface area contributed by atoms with Gasteiger partial charge >= 0.3 is 6.36 Å². The minimum atomic E-state index is -4.75. The largest absolute Gasteiger partial charge is 0.573 e. The van der Waals surface area contributed by atoms with Crippen LogP contribution in [0.3, 0.4) is 0 Å². The van der Waals surface area contributed by atoms with E-state index < -0.39 is 6.36 Å². The van der Waals surface area contributed by atoms with Crippen molar-refractivity contribution in [2.24, 2.45) is 0 Å². The number of halogens is 3. The third-order valence-electron chi connectivity index (χ3n) is 3.15. The summed E-state index contributed by atoms with van der Waals surface area (Å²) >= 11 is 0. The zero-order valence-electron chi connectivity index (χ0n) is 11.4. The molecule has 1 aliphatic rings. The fourth-order valence-corrected chi connectivity index (χ4v) is 2.10. The van der Waals surface area contributed by atoms with Gasteiger partial charge in [0, 0.05) is 31.6 Å². The first-order chi connectivity index (χ1) is 9.94. The van der Waals surface area contributed by atoms with Crippen molar-refractivity contribution in [1.29, 1.82) is 0 Å². The summed E-state index contributed by atoms with van der Waals surface area (Å²) in [6.07, 6.45) is -4.50. The molecule has 1 heterocycles.